The van der Waals surface area contributed by atoms with Crippen LogP contribution in [0, 0.1) is 29.6 Å². The third-order valence-electron chi connectivity index (χ3n) is 7.12. The van der Waals surface area contributed by atoms with Gasteiger partial charge >= 0.3 is 0 Å². The fourth-order valence-electron chi connectivity index (χ4n) is 3.67. The molecule has 188 valence electrons. The number of hydrogen-bond donors (Lipinski definition) is 0. The maximum Gasteiger partial charge on any atom is 0.158 e. The topological polar surface area (TPSA) is 0 Å². The molecule has 5 unspecified atom stereocenters. The van der Waals surface area contributed by atoms with Crippen LogP contribution in [0.5, 0.6) is 0 Å². The summed E-state index contributed by atoms with van der Waals surface area (Å²) in [5.41, 5.74) is 1.73. The van der Waals surface area contributed by atoms with Gasteiger partial charge in [-0.3, -0.25) is 0 Å². The first-order valence-corrected chi connectivity index (χ1v) is 12.5. The Balaban J connectivity index is 4.71. The van der Waals surface area contributed by atoms with Gasteiger partial charge in [0.2, 0.25) is 0 Å². The van der Waals surface area contributed by atoms with Crippen molar-refractivity contribution in [2.45, 2.75) is 86.5 Å². The Morgan fingerprint density at radius 2 is 1.06 bits per heavy atom. The van der Waals surface area contributed by atoms with Gasteiger partial charge in [0.05, 0.1) is 0 Å². The second-order valence-corrected chi connectivity index (χ2v) is 10.0. The summed E-state index contributed by atoms with van der Waals surface area (Å²) in [7, 11) is 0. The average molecular weight is 465 g/mol. The molecular weight excluding hydrogens is 417 g/mol. The van der Waals surface area contributed by atoms with Crippen LogP contribution in [0.4, 0.5) is 13.2 Å². The molecule has 0 N–H and O–H groups in total. The summed E-state index contributed by atoms with van der Waals surface area (Å²) in [6.07, 6.45) is 9.82. The average Bonchev–Trinajstić information content (AvgIpc) is 2.77. The van der Waals surface area contributed by atoms with Gasteiger partial charge in [-0.05, 0) is 84.1 Å². The number of rotatable bonds is 17. The molecule has 0 aliphatic carbocycles. The summed E-state index contributed by atoms with van der Waals surface area (Å²) in [4.78, 5) is 0. The minimum Gasteiger partial charge on any atom is -0.207 e. The van der Waals surface area contributed by atoms with E-state index in [0.29, 0.717) is 35.8 Å². The number of halogens is 3. The van der Waals surface area contributed by atoms with E-state index in [1.165, 1.54) is 25.3 Å². The lowest BCUT2D eigenvalue weighted by Crippen LogP contribution is -2.10. The van der Waals surface area contributed by atoms with E-state index in [1.54, 1.807) is 0 Å². The fraction of sp³-hybridized carbons (Fsp3) is 0.600. The molecule has 0 aromatic carbocycles. The van der Waals surface area contributed by atoms with Crippen LogP contribution in [0.2, 0.25) is 0 Å². The van der Waals surface area contributed by atoms with Crippen LogP contribution in [0.3, 0.4) is 0 Å². The van der Waals surface area contributed by atoms with Crippen molar-refractivity contribution in [2.75, 3.05) is 0 Å². The molecule has 0 saturated carbocycles. The molecule has 0 fully saturated rings. The summed E-state index contributed by atoms with van der Waals surface area (Å²) in [6, 6.07) is 0. The first-order chi connectivity index (χ1) is 15.3. The fourth-order valence-corrected chi connectivity index (χ4v) is 3.67. The lowest BCUT2D eigenvalue weighted by atomic mass is 9.84. The Bertz CT molecular complexity index is 725. The number of allylic oxidation sites excluding steroid dienone is 8. The Labute approximate surface area is 202 Å². The molecule has 0 bridgehead atoms. The largest absolute Gasteiger partial charge is 0.207 e. The smallest absolute Gasteiger partial charge is 0.158 e. The number of hydrogen-bond acceptors (Lipinski definition) is 0. The molecule has 0 aromatic rings. The summed E-state index contributed by atoms with van der Waals surface area (Å²) < 4.78 is 41.0. The molecule has 0 saturated heterocycles. The van der Waals surface area contributed by atoms with E-state index in [1.807, 2.05) is 13.8 Å². The molecule has 3 heteroatoms. The minimum atomic E-state index is -1.10. The summed E-state index contributed by atoms with van der Waals surface area (Å²) >= 11 is 0. The highest BCUT2D eigenvalue weighted by atomic mass is 19.2. The van der Waals surface area contributed by atoms with Gasteiger partial charge in [0, 0.05) is 0 Å². The van der Waals surface area contributed by atoms with E-state index < -0.39 is 11.7 Å². The van der Waals surface area contributed by atoms with Gasteiger partial charge in [-0.1, -0.05) is 87.1 Å². The molecular formula is C30H47F3. The summed E-state index contributed by atoms with van der Waals surface area (Å²) in [6.45, 7) is 27.6. The van der Waals surface area contributed by atoms with Crippen LogP contribution < -0.4 is 0 Å². The van der Waals surface area contributed by atoms with Gasteiger partial charge in [-0.15, -0.1) is 0 Å². The van der Waals surface area contributed by atoms with Gasteiger partial charge in [0.25, 0.3) is 0 Å². The summed E-state index contributed by atoms with van der Waals surface area (Å²) in [5.74, 6) is -0.996. The normalized spacial score (nSPS) is 17.1. The van der Waals surface area contributed by atoms with Crippen LogP contribution in [-0.2, 0) is 0 Å². The molecule has 0 aromatic heterocycles. The third-order valence-corrected chi connectivity index (χ3v) is 7.12. The molecule has 0 radical (unpaired) electrons. The predicted molar refractivity (Wildman–Crippen MR) is 140 cm³/mol. The third kappa shape index (κ3) is 12.3. The van der Waals surface area contributed by atoms with Crippen molar-refractivity contribution in [3.05, 3.63) is 72.7 Å². The van der Waals surface area contributed by atoms with E-state index in [2.05, 4.69) is 54.0 Å². The lowest BCUT2D eigenvalue weighted by Gasteiger charge is -2.22. The first-order valence-electron chi connectivity index (χ1n) is 12.5. The molecule has 0 nitrogen and oxygen atoms in total. The maximum atomic E-state index is 14.8. The molecule has 0 rings (SSSR count). The van der Waals surface area contributed by atoms with Gasteiger partial charge < -0.3 is 0 Å². The molecule has 0 heterocycles. The Hall–Kier alpha value is -1.77. The second kappa shape index (κ2) is 16.0. The van der Waals surface area contributed by atoms with Gasteiger partial charge in [-0.2, -0.15) is 0 Å². The zero-order valence-electron chi connectivity index (χ0n) is 22.0. The SMILES string of the molecule is C=C(F)/C(F)=C\C(=C)C(C)CCC(C)C(=C)/C(F)=C\C(=C)C(C)CCC(C)C(C)CCCC. The molecule has 0 aliphatic heterocycles. The van der Waals surface area contributed by atoms with Crippen molar-refractivity contribution in [2.24, 2.45) is 29.6 Å². The number of unbranched alkanes of at least 4 members (excludes halogenated alkanes) is 1. The van der Waals surface area contributed by atoms with Crippen LogP contribution in [0.25, 0.3) is 0 Å². The molecule has 0 amide bonds. The highest BCUT2D eigenvalue weighted by Crippen LogP contribution is 2.30. The Morgan fingerprint density at radius 3 is 1.55 bits per heavy atom. The van der Waals surface area contributed by atoms with Crippen LogP contribution in [0.15, 0.2) is 72.7 Å². The van der Waals surface area contributed by atoms with E-state index in [0.717, 1.165) is 24.5 Å². The van der Waals surface area contributed by atoms with Crippen molar-refractivity contribution >= 4 is 0 Å². The standard InChI is InChI=1S/C30H47F3/c1-11-12-13-20(2)21(3)14-15-22(4)25(7)18-29(32)27(9)24(6)17-16-23(5)26(8)19-30(33)28(10)31/h18-24H,7-17H2,1-6H3/b29-18+,30-19+. The highest BCUT2D eigenvalue weighted by Gasteiger charge is 2.17. The van der Waals surface area contributed by atoms with Crippen LogP contribution >= 0.6 is 0 Å². The summed E-state index contributed by atoms with van der Waals surface area (Å²) in [5, 5.41) is 0. The molecule has 33 heavy (non-hydrogen) atoms. The Morgan fingerprint density at radius 1 is 0.636 bits per heavy atom. The molecule has 0 spiro atoms. The van der Waals surface area contributed by atoms with Crippen LogP contribution in [0.1, 0.15) is 86.5 Å². The van der Waals surface area contributed by atoms with E-state index in [4.69, 9.17) is 0 Å². The van der Waals surface area contributed by atoms with Crippen molar-refractivity contribution in [3.63, 3.8) is 0 Å². The first kappa shape index (κ1) is 31.2. The molecule has 5 atom stereocenters. The van der Waals surface area contributed by atoms with Crippen molar-refractivity contribution in [1.29, 1.82) is 0 Å². The van der Waals surface area contributed by atoms with E-state index in [-0.39, 0.29) is 23.6 Å². The zero-order chi connectivity index (χ0) is 25.7. The minimum absolute atomic E-state index is 0.0610. The van der Waals surface area contributed by atoms with Gasteiger partial charge in [0.1, 0.15) is 5.83 Å². The van der Waals surface area contributed by atoms with E-state index >= 15 is 0 Å². The zero-order valence-corrected chi connectivity index (χ0v) is 22.0. The monoisotopic (exact) mass is 464 g/mol. The lowest BCUT2D eigenvalue weighted by molar-refractivity contribution is 0.318. The highest BCUT2D eigenvalue weighted by molar-refractivity contribution is 5.32. The Kier molecular flexibility index (Phi) is 15.1. The van der Waals surface area contributed by atoms with Crippen molar-refractivity contribution in [1.82, 2.24) is 0 Å². The predicted octanol–water partition coefficient (Wildman–Crippen LogP) is 10.8. The maximum absolute atomic E-state index is 14.8. The van der Waals surface area contributed by atoms with Gasteiger partial charge in [-0.25, -0.2) is 13.2 Å². The van der Waals surface area contributed by atoms with Crippen LogP contribution in [-0.4, -0.2) is 0 Å². The molecule has 0 aliphatic rings. The van der Waals surface area contributed by atoms with Crippen molar-refractivity contribution < 1.29 is 13.2 Å². The quantitative estimate of drug-likeness (QED) is 0.188. The van der Waals surface area contributed by atoms with E-state index in [9.17, 15) is 13.2 Å². The second-order valence-electron chi connectivity index (χ2n) is 10.0. The van der Waals surface area contributed by atoms with Crippen molar-refractivity contribution in [3.8, 4) is 0 Å². The van der Waals surface area contributed by atoms with Gasteiger partial charge in [0.15, 0.2) is 11.7 Å².